The lowest BCUT2D eigenvalue weighted by Gasteiger charge is -2.25. The molecule has 2 rings (SSSR count). The molecule has 0 aromatic carbocycles. The third-order valence-electron chi connectivity index (χ3n) is 2.91. The molecule has 4 nitrogen and oxygen atoms in total. The molecule has 1 saturated carbocycles. The van der Waals surface area contributed by atoms with Gasteiger partial charge in [-0.05, 0) is 12.8 Å². The van der Waals surface area contributed by atoms with Crippen molar-refractivity contribution in [2.75, 3.05) is 6.54 Å². The van der Waals surface area contributed by atoms with Gasteiger partial charge in [-0.2, -0.15) is 0 Å². The molecule has 2 N–H and O–H groups in total. The number of hydrogen-bond acceptors (Lipinski definition) is 4. The number of aromatic nitrogens is 2. The summed E-state index contributed by atoms with van der Waals surface area (Å²) in [7, 11) is 0. The van der Waals surface area contributed by atoms with Crippen LogP contribution in [0, 0.1) is 0 Å². The van der Waals surface area contributed by atoms with Crippen molar-refractivity contribution in [2.45, 2.75) is 43.9 Å². The van der Waals surface area contributed by atoms with Gasteiger partial charge in [0.2, 0.25) is 17.7 Å². The van der Waals surface area contributed by atoms with Gasteiger partial charge in [0, 0.05) is 31.7 Å². The smallest absolute Gasteiger partial charge is 0.248 e. The Balaban J connectivity index is 1.97. The third kappa shape index (κ3) is 2.55. The third-order valence-corrected chi connectivity index (χ3v) is 2.91. The largest absolute Gasteiger partial charge is 0.425 e. The van der Waals surface area contributed by atoms with Crippen LogP contribution >= 0.6 is 0 Å². The van der Waals surface area contributed by atoms with Gasteiger partial charge in [0.05, 0.1) is 0 Å². The molecule has 0 atom stereocenters. The Kier molecular flexibility index (Phi) is 3.18. The first kappa shape index (κ1) is 11.4. The van der Waals surface area contributed by atoms with Crippen molar-refractivity contribution in [2.24, 2.45) is 5.73 Å². The molecule has 16 heavy (non-hydrogen) atoms. The van der Waals surface area contributed by atoms with E-state index in [2.05, 4.69) is 10.2 Å². The highest BCUT2D eigenvalue weighted by molar-refractivity contribution is 4.96. The fourth-order valence-corrected chi connectivity index (χ4v) is 1.94. The Labute approximate surface area is 92.2 Å². The van der Waals surface area contributed by atoms with Gasteiger partial charge in [-0.15, -0.1) is 10.2 Å². The van der Waals surface area contributed by atoms with Gasteiger partial charge in [-0.25, -0.2) is 8.78 Å². The van der Waals surface area contributed by atoms with E-state index >= 15 is 0 Å². The summed E-state index contributed by atoms with van der Waals surface area (Å²) in [5.41, 5.74) is 5.36. The standard InChI is InChI=1S/C10H15F2N3O/c11-10(12)4-1-7(2-5-10)9-15-14-8(16-9)3-6-13/h7H,1-6,13H2. The maximum Gasteiger partial charge on any atom is 0.248 e. The van der Waals surface area contributed by atoms with E-state index < -0.39 is 5.92 Å². The van der Waals surface area contributed by atoms with Crippen LogP contribution in [-0.4, -0.2) is 22.7 Å². The molecular formula is C10H15F2N3O. The monoisotopic (exact) mass is 231 g/mol. The second-order valence-electron chi connectivity index (χ2n) is 4.20. The Morgan fingerprint density at radius 3 is 2.62 bits per heavy atom. The van der Waals surface area contributed by atoms with Gasteiger partial charge < -0.3 is 10.2 Å². The summed E-state index contributed by atoms with van der Waals surface area (Å²) in [6.07, 6.45) is 1.18. The van der Waals surface area contributed by atoms with E-state index in [1.165, 1.54) is 0 Å². The molecule has 1 aromatic rings. The van der Waals surface area contributed by atoms with Gasteiger partial charge in [0.1, 0.15) is 0 Å². The Morgan fingerprint density at radius 1 is 1.31 bits per heavy atom. The molecule has 0 aliphatic heterocycles. The molecule has 1 heterocycles. The van der Waals surface area contributed by atoms with Crippen LogP contribution < -0.4 is 5.73 Å². The average molecular weight is 231 g/mol. The van der Waals surface area contributed by atoms with Gasteiger partial charge in [0.15, 0.2) is 0 Å². The van der Waals surface area contributed by atoms with Crippen LogP contribution in [0.5, 0.6) is 0 Å². The highest BCUT2D eigenvalue weighted by Crippen LogP contribution is 2.40. The van der Waals surface area contributed by atoms with E-state index in [1.807, 2.05) is 0 Å². The Bertz CT molecular complexity index is 344. The maximum atomic E-state index is 12.9. The number of hydrogen-bond donors (Lipinski definition) is 1. The maximum absolute atomic E-state index is 12.9. The van der Waals surface area contributed by atoms with E-state index in [0.29, 0.717) is 37.6 Å². The molecule has 1 aliphatic carbocycles. The molecule has 90 valence electrons. The van der Waals surface area contributed by atoms with E-state index in [1.54, 1.807) is 0 Å². The molecule has 6 heteroatoms. The van der Waals surface area contributed by atoms with Crippen molar-refractivity contribution >= 4 is 0 Å². The second kappa shape index (κ2) is 4.45. The zero-order valence-electron chi connectivity index (χ0n) is 8.96. The van der Waals surface area contributed by atoms with Crippen LogP contribution in [0.15, 0.2) is 4.42 Å². The van der Waals surface area contributed by atoms with E-state index in [0.717, 1.165) is 0 Å². The minimum absolute atomic E-state index is 0.0151. The van der Waals surface area contributed by atoms with Gasteiger partial charge in [-0.3, -0.25) is 0 Å². The van der Waals surface area contributed by atoms with Gasteiger partial charge >= 0.3 is 0 Å². The average Bonchev–Trinajstić information content (AvgIpc) is 2.67. The van der Waals surface area contributed by atoms with Crippen LogP contribution in [0.2, 0.25) is 0 Å². The second-order valence-corrected chi connectivity index (χ2v) is 4.20. The SMILES string of the molecule is NCCc1nnc(C2CCC(F)(F)CC2)o1. The molecular weight excluding hydrogens is 216 g/mol. The lowest BCUT2D eigenvalue weighted by atomic mass is 9.87. The molecule has 0 saturated heterocycles. The first-order valence-electron chi connectivity index (χ1n) is 5.51. The lowest BCUT2D eigenvalue weighted by molar-refractivity contribution is -0.0399. The normalized spacial score (nSPS) is 21.2. The number of alkyl halides is 2. The Hall–Kier alpha value is -1.04. The highest BCUT2D eigenvalue weighted by atomic mass is 19.3. The van der Waals surface area contributed by atoms with E-state index in [-0.39, 0.29) is 18.8 Å². The summed E-state index contributed by atoms with van der Waals surface area (Å²) in [6.45, 7) is 0.449. The number of halogens is 2. The molecule has 0 spiro atoms. The van der Waals surface area contributed by atoms with Crippen molar-refractivity contribution in [1.82, 2.24) is 10.2 Å². The first-order valence-corrected chi connectivity index (χ1v) is 5.51. The zero-order chi connectivity index (χ0) is 11.6. The predicted octanol–water partition coefficient (Wildman–Crippen LogP) is 1.86. The number of nitrogens with two attached hydrogens (primary N) is 1. The predicted molar refractivity (Wildman–Crippen MR) is 53.2 cm³/mol. The van der Waals surface area contributed by atoms with Crippen molar-refractivity contribution in [3.63, 3.8) is 0 Å². The van der Waals surface area contributed by atoms with Crippen molar-refractivity contribution < 1.29 is 13.2 Å². The van der Waals surface area contributed by atoms with Gasteiger partial charge in [-0.1, -0.05) is 0 Å². The summed E-state index contributed by atoms with van der Waals surface area (Å²) in [5.74, 6) is -1.55. The van der Waals surface area contributed by atoms with E-state index in [4.69, 9.17) is 10.2 Å². The quantitative estimate of drug-likeness (QED) is 0.862. The zero-order valence-corrected chi connectivity index (χ0v) is 8.96. The molecule has 0 unspecified atom stereocenters. The van der Waals surface area contributed by atoms with Crippen LogP contribution in [0.3, 0.4) is 0 Å². The Morgan fingerprint density at radius 2 is 2.00 bits per heavy atom. The van der Waals surface area contributed by atoms with Crippen LogP contribution in [0.25, 0.3) is 0 Å². The molecule has 0 radical (unpaired) electrons. The van der Waals surface area contributed by atoms with Gasteiger partial charge in [0.25, 0.3) is 0 Å². The van der Waals surface area contributed by atoms with Crippen molar-refractivity contribution in [1.29, 1.82) is 0 Å². The summed E-state index contributed by atoms with van der Waals surface area (Å²) in [6, 6.07) is 0. The molecule has 1 fully saturated rings. The van der Waals surface area contributed by atoms with E-state index in [9.17, 15) is 8.78 Å². The summed E-state index contributed by atoms with van der Waals surface area (Å²) < 4.78 is 31.3. The highest BCUT2D eigenvalue weighted by Gasteiger charge is 2.37. The van der Waals surface area contributed by atoms with Crippen LogP contribution in [0.4, 0.5) is 8.78 Å². The van der Waals surface area contributed by atoms with Crippen LogP contribution in [0.1, 0.15) is 43.4 Å². The molecule has 0 bridgehead atoms. The number of nitrogens with zero attached hydrogens (tertiary/aromatic N) is 2. The summed E-state index contributed by atoms with van der Waals surface area (Å²) in [5, 5.41) is 7.72. The lowest BCUT2D eigenvalue weighted by Crippen LogP contribution is -2.23. The molecule has 0 amide bonds. The molecule has 1 aliphatic rings. The topological polar surface area (TPSA) is 64.9 Å². The van der Waals surface area contributed by atoms with Crippen molar-refractivity contribution in [3.8, 4) is 0 Å². The molecule has 1 aromatic heterocycles. The minimum atomic E-state index is -2.52. The minimum Gasteiger partial charge on any atom is -0.425 e. The number of rotatable bonds is 3. The first-order chi connectivity index (χ1) is 7.61. The van der Waals surface area contributed by atoms with Crippen molar-refractivity contribution in [3.05, 3.63) is 11.8 Å². The summed E-state index contributed by atoms with van der Waals surface area (Å²) in [4.78, 5) is 0. The summed E-state index contributed by atoms with van der Waals surface area (Å²) >= 11 is 0. The fraction of sp³-hybridized carbons (Fsp3) is 0.800. The van der Waals surface area contributed by atoms with Crippen LogP contribution in [-0.2, 0) is 6.42 Å². The fourth-order valence-electron chi connectivity index (χ4n) is 1.94.